The van der Waals surface area contributed by atoms with E-state index < -0.39 is 9.84 Å². The number of hydrogen-bond donors (Lipinski definition) is 1. The summed E-state index contributed by atoms with van der Waals surface area (Å²) in [4.78, 5) is 0. The standard InChI is InChI=1S/C17H27NO2S/c1-14(10-12-21(3,19)20)18-16-9-11-17(2,13-16)15-7-5-4-6-8-15/h4-8,14,16,18H,9-13H2,1-3H3/t14-,16+,17-/m1/s1. The van der Waals surface area contributed by atoms with Gasteiger partial charge in [-0.15, -0.1) is 0 Å². The first-order valence-electron chi connectivity index (χ1n) is 7.78. The first-order chi connectivity index (χ1) is 9.78. The molecule has 0 aliphatic heterocycles. The van der Waals surface area contributed by atoms with E-state index in [-0.39, 0.29) is 17.2 Å². The molecule has 1 aromatic rings. The van der Waals surface area contributed by atoms with Crippen LogP contribution in [0.15, 0.2) is 30.3 Å². The minimum Gasteiger partial charge on any atom is -0.311 e. The zero-order valence-corrected chi connectivity index (χ0v) is 14.1. The lowest BCUT2D eigenvalue weighted by Gasteiger charge is -2.26. The molecule has 1 aromatic carbocycles. The van der Waals surface area contributed by atoms with Crippen LogP contribution in [0.4, 0.5) is 0 Å². The molecule has 0 saturated heterocycles. The maximum Gasteiger partial charge on any atom is 0.147 e. The molecule has 2 rings (SSSR count). The average Bonchev–Trinajstić information content (AvgIpc) is 2.80. The summed E-state index contributed by atoms with van der Waals surface area (Å²) in [5, 5.41) is 3.61. The zero-order chi connectivity index (χ0) is 15.5. The Hall–Kier alpha value is -0.870. The van der Waals surface area contributed by atoms with Crippen molar-refractivity contribution in [3.05, 3.63) is 35.9 Å². The van der Waals surface area contributed by atoms with E-state index >= 15 is 0 Å². The first kappa shape index (κ1) is 16.5. The highest BCUT2D eigenvalue weighted by Crippen LogP contribution is 2.40. The van der Waals surface area contributed by atoms with Crippen LogP contribution in [0.2, 0.25) is 0 Å². The Labute approximate surface area is 129 Å². The number of benzene rings is 1. The van der Waals surface area contributed by atoms with E-state index in [9.17, 15) is 8.42 Å². The highest BCUT2D eigenvalue weighted by molar-refractivity contribution is 7.90. The van der Waals surface area contributed by atoms with E-state index in [4.69, 9.17) is 0 Å². The molecule has 21 heavy (non-hydrogen) atoms. The molecule has 3 nitrogen and oxygen atoms in total. The molecule has 0 unspecified atom stereocenters. The second kappa shape index (κ2) is 6.49. The van der Waals surface area contributed by atoms with E-state index in [1.54, 1.807) is 0 Å². The first-order valence-corrected chi connectivity index (χ1v) is 9.84. The van der Waals surface area contributed by atoms with Gasteiger partial charge in [0.2, 0.25) is 0 Å². The molecule has 0 spiro atoms. The lowest BCUT2D eigenvalue weighted by molar-refractivity contribution is 0.412. The van der Waals surface area contributed by atoms with E-state index in [1.165, 1.54) is 18.2 Å². The Morgan fingerprint density at radius 2 is 2.00 bits per heavy atom. The van der Waals surface area contributed by atoms with Crippen LogP contribution in [0.3, 0.4) is 0 Å². The van der Waals surface area contributed by atoms with E-state index in [1.807, 2.05) is 0 Å². The van der Waals surface area contributed by atoms with Gasteiger partial charge in [-0.3, -0.25) is 0 Å². The predicted molar refractivity (Wildman–Crippen MR) is 88.4 cm³/mol. The highest BCUT2D eigenvalue weighted by Gasteiger charge is 2.36. The van der Waals surface area contributed by atoms with Gasteiger partial charge in [-0.1, -0.05) is 37.3 Å². The third-order valence-corrected chi connectivity index (χ3v) is 5.63. The number of hydrogen-bond acceptors (Lipinski definition) is 3. The molecule has 3 atom stereocenters. The van der Waals surface area contributed by atoms with Gasteiger partial charge < -0.3 is 5.32 Å². The fourth-order valence-corrected chi connectivity index (χ4v) is 4.14. The number of sulfone groups is 1. The number of rotatable bonds is 6. The Morgan fingerprint density at radius 1 is 1.33 bits per heavy atom. The molecule has 1 aliphatic carbocycles. The van der Waals surface area contributed by atoms with Crippen LogP contribution < -0.4 is 5.32 Å². The fraction of sp³-hybridized carbons (Fsp3) is 0.647. The quantitative estimate of drug-likeness (QED) is 0.879. The van der Waals surface area contributed by atoms with Gasteiger partial charge in [-0.25, -0.2) is 8.42 Å². The molecule has 0 heterocycles. The van der Waals surface area contributed by atoms with Crippen molar-refractivity contribution in [2.75, 3.05) is 12.0 Å². The smallest absolute Gasteiger partial charge is 0.147 e. The topological polar surface area (TPSA) is 46.2 Å². The molecule has 118 valence electrons. The predicted octanol–water partition coefficient (Wildman–Crippen LogP) is 2.91. The minimum absolute atomic E-state index is 0.246. The van der Waals surface area contributed by atoms with Crippen LogP contribution >= 0.6 is 0 Å². The summed E-state index contributed by atoms with van der Waals surface area (Å²) < 4.78 is 22.5. The summed E-state index contributed by atoms with van der Waals surface area (Å²) >= 11 is 0. The Bertz CT molecular complexity index is 555. The summed E-state index contributed by atoms with van der Waals surface area (Å²) in [6.45, 7) is 4.43. The van der Waals surface area contributed by atoms with Gasteiger partial charge in [-0.2, -0.15) is 0 Å². The van der Waals surface area contributed by atoms with E-state index in [0.717, 1.165) is 12.8 Å². The maximum atomic E-state index is 11.2. The summed E-state index contributed by atoms with van der Waals surface area (Å²) in [5.74, 6) is 0.268. The van der Waals surface area contributed by atoms with Crippen LogP contribution in [0.25, 0.3) is 0 Å². The molecule has 0 aromatic heterocycles. The molecule has 0 bridgehead atoms. The summed E-state index contributed by atoms with van der Waals surface area (Å²) in [5.41, 5.74) is 1.66. The Balaban J connectivity index is 1.88. The fourth-order valence-electron chi connectivity index (χ4n) is 3.36. The normalized spacial score (nSPS) is 27.7. The summed E-state index contributed by atoms with van der Waals surface area (Å²) in [7, 11) is -2.86. The van der Waals surface area contributed by atoms with Gasteiger partial charge >= 0.3 is 0 Å². The van der Waals surface area contributed by atoms with Gasteiger partial charge in [0, 0.05) is 18.3 Å². The van der Waals surface area contributed by atoms with Crippen LogP contribution in [-0.4, -0.2) is 32.5 Å². The molecule has 0 amide bonds. The monoisotopic (exact) mass is 309 g/mol. The van der Waals surface area contributed by atoms with Crippen LogP contribution in [0.1, 0.15) is 45.1 Å². The molecule has 1 N–H and O–H groups in total. The SMILES string of the molecule is C[C@H](CCS(C)(=O)=O)N[C@H]1CC[C@@](C)(c2ccccc2)C1. The summed E-state index contributed by atoms with van der Waals surface area (Å²) in [6, 6.07) is 11.5. The van der Waals surface area contributed by atoms with Gasteiger partial charge in [0.15, 0.2) is 0 Å². The van der Waals surface area contributed by atoms with Gasteiger partial charge in [0.25, 0.3) is 0 Å². The largest absolute Gasteiger partial charge is 0.311 e. The maximum absolute atomic E-state index is 11.2. The molecule has 1 saturated carbocycles. The third-order valence-electron chi connectivity index (χ3n) is 4.65. The average molecular weight is 309 g/mol. The zero-order valence-electron chi connectivity index (χ0n) is 13.3. The second-order valence-corrected chi connectivity index (χ2v) is 9.11. The van der Waals surface area contributed by atoms with Gasteiger partial charge in [-0.05, 0) is 43.6 Å². The van der Waals surface area contributed by atoms with Crippen LogP contribution in [-0.2, 0) is 15.3 Å². The number of nitrogens with one attached hydrogen (secondary N) is 1. The van der Waals surface area contributed by atoms with Crippen molar-refractivity contribution < 1.29 is 8.42 Å². The lowest BCUT2D eigenvalue weighted by Crippen LogP contribution is -2.37. The van der Waals surface area contributed by atoms with Crippen molar-refractivity contribution in [1.82, 2.24) is 5.32 Å². The van der Waals surface area contributed by atoms with Crippen molar-refractivity contribution in [2.45, 2.75) is 57.0 Å². The molecule has 1 aliphatic rings. The third kappa shape index (κ3) is 4.82. The Morgan fingerprint density at radius 3 is 2.62 bits per heavy atom. The van der Waals surface area contributed by atoms with Gasteiger partial charge in [0.05, 0.1) is 5.75 Å². The summed E-state index contributed by atoms with van der Waals surface area (Å²) in [6.07, 6.45) is 5.47. The van der Waals surface area contributed by atoms with E-state index in [0.29, 0.717) is 12.5 Å². The van der Waals surface area contributed by atoms with Crippen LogP contribution in [0.5, 0.6) is 0 Å². The van der Waals surface area contributed by atoms with Crippen molar-refractivity contribution >= 4 is 9.84 Å². The van der Waals surface area contributed by atoms with Crippen molar-refractivity contribution in [3.63, 3.8) is 0 Å². The van der Waals surface area contributed by atoms with Crippen LogP contribution in [0, 0.1) is 0 Å². The molecule has 1 fully saturated rings. The Kier molecular flexibility index (Phi) is 5.10. The molecule has 4 heteroatoms. The van der Waals surface area contributed by atoms with Crippen molar-refractivity contribution in [3.8, 4) is 0 Å². The molecular formula is C17H27NO2S. The van der Waals surface area contributed by atoms with Crippen molar-refractivity contribution in [2.24, 2.45) is 0 Å². The highest BCUT2D eigenvalue weighted by atomic mass is 32.2. The minimum atomic E-state index is -2.86. The van der Waals surface area contributed by atoms with Gasteiger partial charge in [0.1, 0.15) is 9.84 Å². The van der Waals surface area contributed by atoms with E-state index in [2.05, 4.69) is 49.5 Å². The van der Waals surface area contributed by atoms with Crippen molar-refractivity contribution in [1.29, 1.82) is 0 Å². The molecule has 0 radical (unpaired) electrons. The molecular weight excluding hydrogens is 282 g/mol. The second-order valence-electron chi connectivity index (χ2n) is 6.85. The lowest BCUT2D eigenvalue weighted by atomic mass is 9.81.